The van der Waals surface area contributed by atoms with Gasteiger partial charge in [0, 0.05) is 25.0 Å². The van der Waals surface area contributed by atoms with E-state index < -0.39 is 17.7 Å². The summed E-state index contributed by atoms with van der Waals surface area (Å²) in [5.41, 5.74) is 0.744. The Hall–Kier alpha value is -2.70. The number of halogens is 2. The van der Waals surface area contributed by atoms with Crippen molar-refractivity contribution in [3.05, 3.63) is 53.9 Å². The Labute approximate surface area is 145 Å². The first kappa shape index (κ1) is 17.1. The molecule has 0 aliphatic carbocycles. The van der Waals surface area contributed by atoms with E-state index in [9.17, 15) is 13.6 Å². The fourth-order valence-electron chi connectivity index (χ4n) is 2.95. The molecule has 0 spiro atoms. The molecule has 132 valence electrons. The van der Waals surface area contributed by atoms with Crippen LogP contribution < -0.4 is 15.5 Å². The van der Waals surface area contributed by atoms with Gasteiger partial charge < -0.3 is 15.5 Å². The second-order valence-electron chi connectivity index (χ2n) is 6.06. The lowest BCUT2D eigenvalue weighted by molar-refractivity contribution is 0.249. The van der Waals surface area contributed by atoms with E-state index in [-0.39, 0.29) is 17.4 Å². The Morgan fingerprint density at radius 2 is 1.88 bits per heavy atom. The standard InChI is InChI=1S/C18H20F2N4O/c1-12(16-6-2-3-7-21-16)22-18(25)23-13-10-14(19)17(15(20)11-13)24-8-4-5-9-24/h2-3,6-7,10-12H,4-5,8-9H2,1H3,(H2,22,23,25)/t12-/m1/s1. The minimum absolute atomic E-state index is 0.0229. The number of nitrogens with zero attached hydrogens (tertiary/aromatic N) is 2. The van der Waals surface area contributed by atoms with E-state index in [0.717, 1.165) is 25.0 Å². The number of aromatic nitrogens is 1. The number of nitrogens with one attached hydrogen (secondary N) is 2. The van der Waals surface area contributed by atoms with Gasteiger partial charge in [0.05, 0.1) is 11.7 Å². The molecule has 1 fully saturated rings. The van der Waals surface area contributed by atoms with E-state index >= 15 is 0 Å². The summed E-state index contributed by atoms with van der Waals surface area (Å²) < 4.78 is 28.6. The van der Waals surface area contributed by atoms with Gasteiger partial charge in [-0.2, -0.15) is 0 Å². The first-order valence-electron chi connectivity index (χ1n) is 8.27. The first-order chi connectivity index (χ1) is 12.0. The maximum absolute atomic E-state index is 14.3. The van der Waals surface area contributed by atoms with Gasteiger partial charge in [0.1, 0.15) is 5.69 Å². The molecule has 2 heterocycles. The third kappa shape index (κ3) is 4.04. The number of benzene rings is 1. The highest BCUT2D eigenvalue weighted by molar-refractivity contribution is 5.89. The number of rotatable bonds is 4. The average Bonchev–Trinajstić information content (AvgIpc) is 3.09. The number of carbonyl (C=O) groups is 1. The van der Waals surface area contributed by atoms with E-state index in [2.05, 4.69) is 15.6 Å². The maximum atomic E-state index is 14.3. The zero-order valence-electron chi connectivity index (χ0n) is 13.9. The molecule has 2 amide bonds. The van der Waals surface area contributed by atoms with E-state index in [1.54, 1.807) is 30.2 Å². The Morgan fingerprint density at radius 3 is 2.48 bits per heavy atom. The van der Waals surface area contributed by atoms with Crippen molar-refractivity contribution in [2.24, 2.45) is 0 Å². The summed E-state index contributed by atoms with van der Waals surface area (Å²) in [7, 11) is 0. The second kappa shape index (κ2) is 7.46. The van der Waals surface area contributed by atoms with Gasteiger partial charge in [0.15, 0.2) is 11.6 Å². The molecule has 25 heavy (non-hydrogen) atoms. The maximum Gasteiger partial charge on any atom is 0.319 e. The van der Waals surface area contributed by atoms with Crippen molar-refractivity contribution in [1.29, 1.82) is 0 Å². The van der Waals surface area contributed by atoms with Crippen molar-refractivity contribution in [2.75, 3.05) is 23.3 Å². The molecule has 1 aromatic carbocycles. The summed E-state index contributed by atoms with van der Waals surface area (Å²) >= 11 is 0. The van der Waals surface area contributed by atoms with Crippen LogP contribution in [0.2, 0.25) is 0 Å². The molecule has 1 atom stereocenters. The van der Waals surface area contributed by atoms with Gasteiger partial charge >= 0.3 is 6.03 Å². The number of hydrogen-bond donors (Lipinski definition) is 2. The number of anilines is 2. The second-order valence-corrected chi connectivity index (χ2v) is 6.06. The third-order valence-corrected chi connectivity index (χ3v) is 4.18. The molecule has 0 radical (unpaired) electrons. The minimum atomic E-state index is -0.671. The van der Waals surface area contributed by atoms with Crippen molar-refractivity contribution in [2.45, 2.75) is 25.8 Å². The minimum Gasteiger partial charge on any atom is -0.367 e. The van der Waals surface area contributed by atoms with Gasteiger partial charge in [0.2, 0.25) is 0 Å². The molecule has 5 nitrogen and oxygen atoms in total. The molecule has 7 heteroatoms. The smallest absolute Gasteiger partial charge is 0.319 e. The van der Waals surface area contributed by atoms with Crippen LogP contribution in [0.25, 0.3) is 0 Å². The highest BCUT2D eigenvalue weighted by Gasteiger charge is 2.21. The molecular weight excluding hydrogens is 326 g/mol. The predicted octanol–water partition coefficient (Wildman–Crippen LogP) is 3.84. The van der Waals surface area contributed by atoms with Crippen LogP contribution in [-0.2, 0) is 0 Å². The summed E-state index contributed by atoms with van der Waals surface area (Å²) in [5, 5.41) is 5.15. The van der Waals surface area contributed by atoms with Gasteiger partial charge in [-0.3, -0.25) is 4.98 Å². The van der Waals surface area contributed by atoms with Crippen LogP contribution >= 0.6 is 0 Å². The number of carbonyl (C=O) groups excluding carboxylic acids is 1. The lowest BCUT2D eigenvalue weighted by Gasteiger charge is -2.20. The topological polar surface area (TPSA) is 57.3 Å². The summed E-state index contributed by atoms with van der Waals surface area (Å²) in [5.74, 6) is -1.34. The molecular formula is C18H20F2N4O. The van der Waals surface area contributed by atoms with Crippen molar-refractivity contribution in [3.8, 4) is 0 Å². The third-order valence-electron chi connectivity index (χ3n) is 4.18. The van der Waals surface area contributed by atoms with Crippen LogP contribution in [0, 0.1) is 11.6 Å². The van der Waals surface area contributed by atoms with E-state index in [1.807, 2.05) is 6.07 Å². The summed E-state index contributed by atoms with van der Waals surface area (Å²) in [6.45, 7) is 3.06. The van der Waals surface area contributed by atoms with Gasteiger partial charge in [-0.1, -0.05) is 6.07 Å². The van der Waals surface area contributed by atoms with E-state index in [4.69, 9.17) is 0 Å². The van der Waals surface area contributed by atoms with Crippen LogP contribution in [0.1, 0.15) is 31.5 Å². The summed E-state index contributed by atoms with van der Waals surface area (Å²) in [6, 6.07) is 6.79. The SMILES string of the molecule is C[C@@H](NC(=O)Nc1cc(F)c(N2CCCC2)c(F)c1)c1ccccn1. The van der Waals surface area contributed by atoms with Gasteiger partial charge in [-0.25, -0.2) is 13.6 Å². The molecule has 1 aliphatic rings. The Bertz CT molecular complexity index is 725. The van der Waals surface area contributed by atoms with E-state index in [1.165, 1.54) is 0 Å². The highest BCUT2D eigenvalue weighted by Crippen LogP contribution is 2.29. The molecule has 1 saturated heterocycles. The van der Waals surface area contributed by atoms with Gasteiger partial charge in [0.25, 0.3) is 0 Å². The molecule has 2 aromatic rings. The molecule has 0 saturated carbocycles. The van der Waals surface area contributed by atoms with Gasteiger partial charge in [-0.15, -0.1) is 0 Å². The molecule has 1 aliphatic heterocycles. The normalized spacial score (nSPS) is 15.1. The van der Waals surface area contributed by atoms with Crippen molar-refractivity contribution >= 4 is 17.4 Å². The van der Waals surface area contributed by atoms with Crippen LogP contribution in [-0.4, -0.2) is 24.1 Å². The van der Waals surface area contributed by atoms with Crippen LogP contribution in [0.5, 0.6) is 0 Å². The van der Waals surface area contributed by atoms with Crippen LogP contribution in [0.4, 0.5) is 25.0 Å². The van der Waals surface area contributed by atoms with Crippen LogP contribution in [0.3, 0.4) is 0 Å². The summed E-state index contributed by atoms with van der Waals surface area (Å²) in [4.78, 5) is 17.9. The Morgan fingerprint density at radius 1 is 1.20 bits per heavy atom. The lowest BCUT2D eigenvalue weighted by atomic mass is 10.2. The summed E-state index contributed by atoms with van der Waals surface area (Å²) in [6.07, 6.45) is 3.48. The Balaban J connectivity index is 1.67. The molecule has 1 aromatic heterocycles. The zero-order chi connectivity index (χ0) is 17.8. The first-order valence-corrected chi connectivity index (χ1v) is 8.27. The Kier molecular flexibility index (Phi) is 5.11. The van der Waals surface area contributed by atoms with Crippen molar-refractivity contribution in [1.82, 2.24) is 10.3 Å². The lowest BCUT2D eigenvalue weighted by Crippen LogP contribution is -2.31. The zero-order valence-corrected chi connectivity index (χ0v) is 13.9. The van der Waals surface area contributed by atoms with Crippen molar-refractivity contribution < 1.29 is 13.6 Å². The highest BCUT2D eigenvalue weighted by atomic mass is 19.1. The number of pyridine rings is 1. The quantitative estimate of drug-likeness (QED) is 0.884. The van der Waals surface area contributed by atoms with Gasteiger partial charge in [-0.05, 0) is 44.0 Å². The molecule has 2 N–H and O–H groups in total. The largest absolute Gasteiger partial charge is 0.367 e. The fourth-order valence-corrected chi connectivity index (χ4v) is 2.95. The number of amides is 2. The molecule has 0 unspecified atom stereocenters. The molecule has 0 bridgehead atoms. The number of hydrogen-bond acceptors (Lipinski definition) is 3. The average molecular weight is 346 g/mol. The molecule has 3 rings (SSSR count). The predicted molar refractivity (Wildman–Crippen MR) is 92.6 cm³/mol. The van der Waals surface area contributed by atoms with Crippen LogP contribution in [0.15, 0.2) is 36.5 Å². The monoisotopic (exact) mass is 346 g/mol. The van der Waals surface area contributed by atoms with Crippen molar-refractivity contribution in [3.63, 3.8) is 0 Å². The fraction of sp³-hybridized carbons (Fsp3) is 0.333. The van der Waals surface area contributed by atoms with E-state index in [0.29, 0.717) is 18.8 Å². The number of urea groups is 1.